The topological polar surface area (TPSA) is 15.3 Å². The Bertz CT molecular complexity index is 539. The molecule has 3 heteroatoms. The molecule has 1 unspecified atom stereocenters. The molecule has 0 aliphatic carbocycles. The van der Waals surface area contributed by atoms with Gasteiger partial charge in [0, 0.05) is 23.3 Å². The zero-order valence-electron chi connectivity index (χ0n) is 10.6. The van der Waals surface area contributed by atoms with Crippen LogP contribution in [-0.4, -0.2) is 12.0 Å². The average Bonchev–Trinajstić information content (AvgIpc) is 2.50. The van der Waals surface area contributed by atoms with Crippen LogP contribution in [0.5, 0.6) is 0 Å². The monoisotopic (exact) mass is 268 g/mol. The van der Waals surface area contributed by atoms with Crippen LogP contribution in [0.3, 0.4) is 0 Å². The van der Waals surface area contributed by atoms with E-state index in [0.717, 1.165) is 6.54 Å². The Morgan fingerprint density at radius 2 is 1.63 bits per heavy atom. The quantitative estimate of drug-likeness (QED) is 0.914. The van der Waals surface area contributed by atoms with Crippen molar-refractivity contribution in [1.82, 2.24) is 5.32 Å². The van der Waals surface area contributed by atoms with E-state index in [0.29, 0.717) is 0 Å². The third-order valence-corrected chi connectivity index (χ3v) is 4.14. The van der Waals surface area contributed by atoms with E-state index < -0.39 is 0 Å². The van der Waals surface area contributed by atoms with Crippen molar-refractivity contribution < 1.29 is 0 Å². The van der Waals surface area contributed by atoms with Gasteiger partial charge in [-0.3, -0.25) is 5.32 Å². The lowest BCUT2D eigenvalue weighted by Crippen LogP contribution is -2.43. The Morgan fingerprint density at radius 3 is 2.37 bits per heavy atom. The lowest BCUT2D eigenvalue weighted by Gasteiger charge is -2.33. The molecular weight excluding hydrogens is 252 g/mol. The number of thioether (sulfide) groups is 1. The Balaban J connectivity index is 1.81. The molecule has 2 aromatic rings. The van der Waals surface area contributed by atoms with Gasteiger partial charge in [-0.15, -0.1) is 0 Å². The number of anilines is 1. The van der Waals surface area contributed by atoms with Crippen molar-refractivity contribution in [3.63, 3.8) is 0 Å². The second-order valence-electron chi connectivity index (χ2n) is 4.32. The average molecular weight is 268 g/mol. The number of rotatable bonds is 3. The van der Waals surface area contributed by atoms with Gasteiger partial charge in [0.25, 0.3) is 0 Å². The predicted octanol–water partition coefficient (Wildman–Crippen LogP) is 3.69. The number of nitrogens with zero attached hydrogens (tertiary/aromatic N) is 1. The highest BCUT2D eigenvalue weighted by atomic mass is 32.2. The lowest BCUT2D eigenvalue weighted by molar-refractivity contribution is 0.675. The Morgan fingerprint density at radius 1 is 0.947 bits per heavy atom. The van der Waals surface area contributed by atoms with Crippen LogP contribution in [0.25, 0.3) is 0 Å². The van der Waals surface area contributed by atoms with Gasteiger partial charge < -0.3 is 4.90 Å². The van der Waals surface area contributed by atoms with Gasteiger partial charge in [0.2, 0.25) is 0 Å². The van der Waals surface area contributed by atoms with Gasteiger partial charge in [0.15, 0.2) is 0 Å². The van der Waals surface area contributed by atoms with E-state index in [4.69, 9.17) is 0 Å². The first-order valence-corrected chi connectivity index (χ1v) is 7.26. The molecular formula is C16H16N2S. The molecule has 0 saturated heterocycles. The Labute approximate surface area is 118 Å². The van der Waals surface area contributed by atoms with Gasteiger partial charge in [0.05, 0.1) is 0 Å². The first-order valence-electron chi connectivity index (χ1n) is 6.39. The summed E-state index contributed by atoms with van der Waals surface area (Å²) < 4.78 is 0. The molecule has 0 bridgehead atoms. The van der Waals surface area contributed by atoms with E-state index in [1.807, 2.05) is 23.9 Å². The van der Waals surface area contributed by atoms with Crippen LogP contribution in [0, 0.1) is 0 Å². The van der Waals surface area contributed by atoms with Crippen LogP contribution in [0.1, 0.15) is 0 Å². The molecule has 0 aromatic heterocycles. The van der Waals surface area contributed by atoms with E-state index in [-0.39, 0.29) is 5.50 Å². The van der Waals surface area contributed by atoms with Crippen LogP contribution >= 0.6 is 11.8 Å². The number of hydrogen-bond acceptors (Lipinski definition) is 3. The standard InChI is InChI=1S/C16H16N2S/c1-3-8-14(9-4-1)18-13-7-12-17-16(18)19-15-10-5-2-6-11-15/h1-11,13,16-17H,12H2. The summed E-state index contributed by atoms with van der Waals surface area (Å²) in [5.41, 5.74) is 1.44. The van der Waals surface area contributed by atoms with Gasteiger partial charge >= 0.3 is 0 Å². The molecule has 1 aliphatic heterocycles. The lowest BCUT2D eigenvalue weighted by atomic mass is 10.3. The van der Waals surface area contributed by atoms with Crippen molar-refractivity contribution in [2.24, 2.45) is 0 Å². The van der Waals surface area contributed by atoms with E-state index in [9.17, 15) is 0 Å². The van der Waals surface area contributed by atoms with E-state index in [1.54, 1.807) is 0 Å². The van der Waals surface area contributed by atoms with Crippen molar-refractivity contribution in [2.45, 2.75) is 10.4 Å². The first kappa shape index (κ1) is 12.3. The molecule has 0 spiro atoms. The van der Waals surface area contributed by atoms with Crippen molar-refractivity contribution >= 4 is 17.4 Å². The summed E-state index contributed by atoms with van der Waals surface area (Å²) in [4.78, 5) is 3.54. The molecule has 1 aliphatic rings. The third kappa shape index (κ3) is 3.00. The summed E-state index contributed by atoms with van der Waals surface area (Å²) in [6.45, 7) is 0.911. The summed E-state index contributed by atoms with van der Waals surface area (Å²) in [7, 11) is 0. The molecule has 3 rings (SSSR count). The molecule has 1 N–H and O–H groups in total. The fourth-order valence-electron chi connectivity index (χ4n) is 2.06. The minimum absolute atomic E-state index is 0.231. The highest BCUT2D eigenvalue weighted by Crippen LogP contribution is 2.29. The molecule has 1 heterocycles. The SMILES string of the molecule is C1=CN(c2ccccc2)C(Sc2ccccc2)NC1. The second kappa shape index (κ2) is 5.95. The molecule has 0 radical (unpaired) electrons. The van der Waals surface area contributed by atoms with Gasteiger partial charge in [-0.25, -0.2) is 0 Å². The maximum atomic E-state index is 3.52. The number of hydrogen-bond donors (Lipinski definition) is 1. The fourth-order valence-corrected chi connectivity index (χ4v) is 3.12. The normalized spacial score (nSPS) is 18.5. The summed E-state index contributed by atoms with van der Waals surface area (Å²) in [6.07, 6.45) is 4.31. The van der Waals surface area contributed by atoms with Crippen molar-refractivity contribution in [3.05, 3.63) is 72.9 Å². The highest BCUT2D eigenvalue weighted by molar-refractivity contribution is 8.00. The van der Waals surface area contributed by atoms with Gasteiger partial charge in [-0.1, -0.05) is 54.2 Å². The highest BCUT2D eigenvalue weighted by Gasteiger charge is 2.19. The number of benzene rings is 2. The van der Waals surface area contributed by atoms with Crippen LogP contribution in [0.4, 0.5) is 5.69 Å². The van der Waals surface area contributed by atoms with Crippen LogP contribution in [-0.2, 0) is 0 Å². The first-order chi connectivity index (χ1) is 9.43. The van der Waals surface area contributed by atoms with E-state index in [1.165, 1.54) is 10.6 Å². The summed E-state index contributed by atoms with van der Waals surface area (Å²) >= 11 is 1.83. The molecule has 2 nitrogen and oxygen atoms in total. The smallest absolute Gasteiger partial charge is 0.136 e. The van der Waals surface area contributed by atoms with Gasteiger partial charge in [-0.05, 0) is 24.3 Å². The Kier molecular flexibility index (Phi) is 3.86. The molecule has 0 saturated carbocycles. The fraction of sp³-hybridized carbons (Fsp3) is 0.125. The molecule has 96 valence electrons. The van der Waals surface area contributed by atoms with Crippen molar-refractivity contribution in [1.29, 1.82) is 0 Å². The largest absolute Gasteiger partial charge is 0.323 e. The minimum atomic E-state index is 0.231. The zero-order chi connectivity index (χ0) is 12.9. The molecule has 0 fully saturated rings. The maximum absolute atomic E-state index is 3.52. The number of nitrogens with one attached hydrogen (secondary N) is 1. The summed E-state index contributed by atoms with van der Waals surface area (Å²) in [5.74, 6) is 0. The van der Waals surface area contributed by atoms with Gasteiger partial charge in [0.1, 0.15) is 5.50 Å². The van der Waals surface area contributed by atoms with E-state index in [2.05, 4.69) is 71.0 Å². The van der Waals surface area contributed by atoms with Crippen LogP contribution in [0.15, 0.2) is 77.8 Å². The second-order valence-corrected chi connectivity index (χ2v) is 5.47. The van der Waals surface area contributed by atoms with E-state index >= 15 is 0 Å². The molecule has 2 aromatic carbocycles. The predicted molar refractivity (Wildman–Crippen MR) is 82.2 cm³/mol. The summed E-state index contributed by atoms with van der Waals surface area (Å²) in [5, 5.41) is 3.52. The van der Waals surface area contributed by atoms with Crippen molar-refractivity contribution in [2.75, 3.05) is 11.4 Å². The number of para-hydroxylation sites is 1. The van der Waals surface area contributed by atoms with Gasteiger partial charge in [-0.2, -0.15) is 0 Å². The molecule has 1 atom stereocenters. The summed E-state index contributed by atoms with van der Waals surface area (Å²) in [6, 6.07) is 21.0. The van der Waals surface area contributed by atoms with Crippen molar-refractivity contribution in [3.8, 4) is 0 Å². The maximum Gasteiger partial charge on any atom is 0.136 e. The zero-order valence-corrected chi connectivity index (χ0v) is 11.4. The minimum Gasteiger partial charge on any atom is -0.323 e. The Hall–Kier alpha value is -1.71. The van der Waals surface area contributed by atoms with Crippen LogP contribution < -0.4 is 10.2 Å². The molecule has 0 amide bonds. The van der Waals surface area contributed by atoms with Crippen LogP contribution in [0.2, 0.25) is 0 Å². The third-order valence-electron chi connectivity index (χ3n) is 2.97. The molecule has 19 heavy (non-hydrogen) atoms.